The van der Waals surface area contributed by atoms with Gasteiger partial charge in [-0.3, -0.25) is 9.80 Å². The fraction of sp³-hybridized carbons (Fsp3) is 0.375. The van der Waals surface area contributed by atoms with E-state index in [1.54, 1.807) is 17.0 Å². The van der Waals surface area contributed by atoms with Crippen molar-refractivity contribution in [1.29, 1.82) is 0 Å². The van der Waals surface area contributed by atoms with Gasteiger partial charge >= 0.3 is 6.09 Å². The fourth-order valence-corrected chi connectivity index (χ4v) is 6.34. The van der Waals surface area contributed by atoms with Crippen LogP contribution in [0.1, 0.15) is 49.7 Å². The van der Waals surface area contributed by atoms with Gasteiger partial charge in [0.25, 0.3) is 0 Å². The highest BCUT2D eigenvalue weighted by atomic mass is 32.2. The number of hydrogen-bond donors (Lipinski definition) is 1. The maximum Gasteiger partial charge on any atom is 0.415 e. The lowest BCUT2D eigenvalue weighted by molar-refractivity contribution is -0.00111. The molecule has 1 spiro atoms. The second-order valence-electron chi connectivity index (χ2n) is 11.0. The lowest BCUT2D eigenvalue weighted by Gasteiger charge is -2.37. The molecule has 3 aliphatic rings. The molecule has 1 amide bonds. The van der Waals surface area contributed by atoms with E-state index in [0.717, 1.165) is 59.9 Å². The number of carbonyl (C=O) groups is 1. The SMILES string of the molecule is C=S(O)c1ccc(N2CC3(CCN(Cc4cc(C5CC5)c(-c5ccc(F)cc5)cc4OCC)CC3)OC2=O)cc1. The van der Waals surface area contributed by atoms with Crippen LogP contribution in [0.2, 0.25) is 0 Å². The van der Waals surface area contributed by atoms with Gasteiger partial charge in [-0.2, -0.15) is 0 Å². The van der Waals surface area contributed by atoms with E-state index in [4.69, 9.17) is 9.47 Å². The van der Waals surface area contributed by atoms with Gasteiger partial charge in [0.2, 0.25) is 0 Å². The van der Waals surface area contributed by atoms with Crippen molar-refractivity contribution in [1.82, 2.24) is 4.90 Å². The van der Waals surface area contributed by atoms with E-state index in [1.165, 1.54) is 36.1 Å². The summed E-state index contributed by atoms with van der Waals surface area (Å²) in [6.45, 7) is 5.50. The Morgan fingerprint density at radius 3 is 2.42 bits per heavy atom. The van der Waals surface area contributed by atoms with Gasteiger partial charge in [-0.05, 0) is 108 Å². The lowest BCUT2D eigenvalue weighted by atomic mass is 9.90. The predicted molar refractivity (Wildman–Crippen MR) is 158 cm³/mol. The maximum atomic E-state index is 13.6. The minimum Gasteiger partial charge on any atom is -0.494 e. The van der Waals surface area contributed by atoms with Crippen molar-refractivity contribution in [2.24, 2.45) is 0 Å². The molecule has 3 aromatic carbocycles. The number of anilines is 1. The monoisotopic (exact) mass is 562 g/mol. The molecule has 40 heavy (non-hydrogen) atoms. The molecule has 2 aliphatic heterocycles. The number of nitrogens with zero attached hydrogens (tertiary/aromatic N) is 2. The van der Waals surface area contributed by atoms with Crippen molar-refractivity contribution in [3.05, 3.63) is 77.6 Å². The molecule has 6 nitrogen and oxygen atoms in total. The molecule has 0 radical (unpaired) electrons. The molecule has 1 aliphatic carbocycles. The third-order valence-electron chi connectivity index (χ3n) is 8.26. The van der Waals surface area contributed by atoms with Crippen LogP contribution < -0.4 is 9.64 Å². The molecule has 3 fully saturated rings. The highest BCUT2D eigenvalue weighted by Gasteiger charge is 2.47. The molecule has 0 bridgehead atoms. The average molecular weight is 563 g/mol. The molecule has 1 unspecified atom stereocenters. The third-order valence-corrected chi connectivity index (χ3v) is 9.07. The van der Waals surface area contributed by atoms with Crippen LogP contribution in [0.4, 0.5) is 14.9 Å². The Labute approximate surface area is 237 Å². The van der Waals surface area contributed by atoms with E-state index in [-0.39, 0.29) is 11.9 Å². The summed E-state index contributed by atoms with van der Waals surface area (Å²) in [6.07, 6.45) is 3.56. The van der Waals surface area contributed by atoms with Crippen molar-refractivity contribution >= 4 is 28.4 Å². The predicted octanol–water partition coefficient (Wildman–Crippen LogP) is 7.29. The minimum atomic E-state index is -1.06. The van der Waals surface area contributed by atoms with Crippen LogP contribution in [0.5, 0.6) is 5.75 Å². The Morgan fingerprint density at radius 2 is 1.80 bits per heavy atom. The van der Waals surface area contributed by atoms with Gasteiger partial charge in [0, 0.05) is 48.6 Å². The van der Waals surface area contributed by atoms with Crippen molar-refractivity contribution in [3.63, 3.8) is 0 Å². The zero-order valence-electron chi connectivity index (χ0n) is 22.8. The summed E-state index contributed by atoms with van der Waals surface area (Å²) >= 11 is 0. The quantitative estimate of drug-likeness (QED) is 0.292. The molecule has 0 aromatic heterocycles. The van der Waals surface area contributed by atoms with Crippen molar-refractivity contribution in [2.45, 2.75) is 55.6 Å². The van der Waals surface area contributed by atoms with E-state index in [1.807, 2.05) is 31.2 Å². The topological polar surface area (TPSA) is 62.2 Å². The molecule has 3 aromatic rings. The summed E-state index contributed by atoms with van der Waals surface area (Å²) < 4.78 is 35.4. The highest BCUT2D eigenvalue weighted by Crippen LogP contribution is 2.47. The van der Waals surface area contributed by atoms with E-state index in [2.05, 4.69) is 22.9 Å². The smallest absolute Gasteiger partial charge is 0.415 e. The summed E-state index contributed by atoms with van der Waals surface area (Å²) in [7, 11) is -1.06. The normalized spacial score (nSPS) is 19.6. The van der Waals surface area contributed by atoms with Crippen LogP contribution in [0.15, 0.2) is 65.6 Å². The largest absolute Gasteiger partial charge is 0.494 e. The van der Waals surface area contributed by atoms with Gasteiger partial charge in [0.05, 0.1) is 13.2 Å². The summed E-state index contributed by atoms with van der Waals surface area (Å²) in [5.74, 6) is 4.84. The standard InChI is InChI=1S/C32H35FN2O4S/c1-3-38-30-19-29(23-6-8-25(33)9-7-23)28(22-4-5-22)18-24(30)20-34-16-14-32(15-17-34)21-35(31(36)39-32)26-10-12-27(13-11-26)40(2)37/h6-13,18-19,22,37H,2-5,14-17,20-21H2,1H3. The summed E-state index contributed by atoms with van der Waals surface area (Å²) in [5.41, 5.74) is 4.91. The van der Waals surface area contributed by atoms with E-state index < -0.39 is 16.4 Å². The van der Waals surface area contributed by atoms with Crippen LogP contribution in [0.25, 0.3) is 11.1 Å². The molecular weight excluding hydrogens is 527 g/mol. The first kappa shape index (κ1) is 27.0. The number of benzene rings is 3. The van der Waals surface area contributed by atoms with E-state index in [0.29, 0.717) is 19.1 Å². The van der Waals surface area contributed by atoms with E-state index in [9.17, 15) is 13.7 Å². The first-order valence-electron chi connectivity index (χ1n) is 14.0. The average Bonchev–Trinajstić information content (AvgIpc) is 3.75. The van der Waals surface area contributed by atoms with Crippen LogP contribution in [-0.4, -0.2) is 53.3 Å². The number of halogens is 1. The molecule has 2 heterocycles. The van der Waals surface area contributed by atoms with Gasteiger partial charge in [0.15, 0.2) is 0 Å². The summed E-state index contributed by atoms with van der Waals surface area (Å²) in [4.78, 5) is 17.7. The summed E-state index contributed by atoms with van der Waals surface area (Å²) in [5, 5.41) is 0. The number of hydrogen-bond acceptors (Lipinski definition) is 5. The Balaban J connectivity index is 1.17. The Morgan fingerprint density at radius 1 is 1.10 bits per heavy atom. The maximum absolute atomic E-state index is 13.6. The molecule has 2 saturated heterocycles. The van der Waals surface area contributed by atoms with E-state index >= 15 is 0 Å². The molecule has 1 atom stereocenters. The van der Waals surface area contributed by atoms with Gasteiger partial charge in [0.1, 0.15) is 17.2 Å². The van der Waals surface area contributed by atoms with Gasteiger partial charge in [-0.1, -0.05) is 12.1 Å². The Bertz CT molecular complexity index is 1410. The lowest BCUT2D eigenvalue weighted by Crippen LogP contribution is -2.46. The Hall–Kier alpha value is -3.20. The van der Waals surface area contributed by atoms with Crippen molar-refractivity contribution < 1.29 is 23.2 Å². The molecular formula is C32H35FN2O4S. The number of ether oxygens (including phenoxy) is 2. The molecule has 210 valence electrons. The number of piperidine rings is 1. The molecule has 1 N–H and O–H groups in total. The third kappa shape index (κ3) is 5.53. The van der Waals surface area contributed by atoms with Gasteiger partial charge in [-0.15, -0.1) is 0 Å². The van der Waals surface area contributed by atoms with Gasteiger partial charge < -0.3 is 14.0 Å². The second-order valence-corrected chi connectivity index (χ2v) is 12.2. The number of amides is 1. The van der Waals surface area contributed by atoms with Crippen LogP contribution in [-0.2, 0) is 11.3 Å². The fourth-order valence-electron chi connectivity index (χ4n) is 5.89. The number of likely N-dealkylation sites (tertiary alicyclic amines) is 1. The van der Waals surface area contributed by atoms with Crippen LogP contribution in [0.3, 0.4) is 0 Å². The molecule has 1 saturated carbocycles. The molecule has 8 heteroatoms. The first-order valence-corrected chi connectivity index (χ1v) is 15.3. The second kappa shape index (κ2) is 11.0. The number of carbonyl (C=O) groups excluding carboxylic acids is 1. The Kier molecular flexibility index (Phi) is 7.42. The van der Waals surface area contributed by atoms with Crippen LogP contribution in [0, 0.1) is 5.82 Å². The first-order chi connectivity index (χ1) is 19.3. The minimum absolute atomic E-state index is 0.232. The number of rotatable bonds is 8. The zero-order chi connectivity index (χ0) is 27.9. The highest BCUT2D eigenvalue weighted by molar-refractivity contribution is 8.09. The van der Waals surface area contributed by atoms with Crippen molar-refractivity contribution in [2.75, 3.05) is 31.1 Å². The zero-order valence-corrected chi connectivity index (χ0v) is 23.6. The summed E-state index contributed by atoms with van der Waals surface area (Å²) in [6, 6.07) is 18.5. The molecule has 6 rings (SSSR count). The van der Waals surface area contributed by atoms with Crippen molar-refractivity contribution in [3.8, 4) is 16.9 Å². The van der Waals surface area contributed by atoms with Crippen LogP contribution >= 0.6 is 10.8 Å². The van der Waals surface area contributed by atoms with Gasteiger partial charge in [-0.25, -0.2) is 9.18 Å².